The Morgan fingerprint density at radius 2 is 2.00 bits per heavy atom. The Balaban J connectivity index is 2.61. The zero-order valence-electron chi connectivity index (χ0n) is 9.62. The van der Waals surface area contributed by atoms with E-state index in [9.17, 15) is 13.6 Å². The van der Waals surface area contributed by atoms with Crippen LogP contribution in [-0.4, -0.2) is 11.0 Å². The van der Waals surface area contributed by atoms with Crippen molar-refractivity contribution in [1.82, 2.24) is 4.57 Å². The Labute approximate surface area is 121 Å². The fourth-order valence-electron chi connectivity index (χ4n) is 1.78. The Morgan fingerprint density at radius 3 is 2.63 bits per heavy atom. The molecular formula is C13H9BrClF2NO. The van der Waals surface area contributed by atoms with Crippen molar-refractivity contribution in [2.45, 2.75) is 13.0 Å². The molecule has 0 fully saturated rings. The number of hydrogen-bond donors (Lipinski definition) is 0. The van der Waals surface area contributed by atoms with Gasteiger partial charge in [0.15, 0.2) is 0 Å². The van der Waals surface area contributed by atoms with Crippen LogP contribution >= 0.6 is 27.5 Å². The van der Waals surface area contributed by atoms with Gasteiger partial charge in [-0.3, -0.25) is 4.79 Å². The summed E-state index contributed by atoms with van der Waals surface area (Å²) in [6.45, 7) is -0.635. The standard InChI is InChI=1S/C13H9BrClF2NO/c14-10-6-8(15)4-5-9(10)11-2-1-3-13(19)18(11)7-12(16)17/h1-6,12H,7H2. The van der Waals surface area contributed by atoms with Gasteiger partial charge in [0.25, 0.3) is 12.0 Å². The van der Waals surface area contributed by atoms with E-state index in [-0.39, 0.29) is 0 Å². The molecule has 0 unspecified atom stereocenters. The SMILES string of the molecule is O=c1cccc(-c2ccc(Cl)cc2Br)n1CC(F)F. The highest BCUT2D eigenvalue weighted by Crippen LogP contribution is 2.30. The minimum absolute atomic E-state index is 0.427. The van der Waals surface area contributed by atoms with Crippen LogP contribution in [0.3, 0.4) is 0 Å². The molecule has 2 nitrogen and oxygen atoms in total. The Morgan fingerprint density at radius 1 is 1.26 bits per heavy atom. The molecule has 6 heteroatoms. The molecule has 2 aromatic rings. The van der Waals surface area contributed by atoms with Crippen LogP contribution in [-0.2, 0) is 6.54 Å². The second-order valence-electron chi connectivity index (χ2n) is 3.88. The molecule has 1 aromatic heterocycles. The largest absolute Gasteiger partial charge is 0.302 e. The summed E-state index contributed by atoms with van der Waals surface area (Å²) in [5, 5.41) is 0.523. The number of alkyl halides is 2. The van der Waals surface area contributed by atoms with Gasteiger partial charge in [0.2, 0.25) is 0 Å². The number of rotatable bonds is 3. The van der Waals surface area contributed by atoms with Crippen LogP contribution < -0.4 is 5.56 Å². The van der Waals surface area contributed by atoms with Crippen molar-refractivity contribution in [1.29, 1.82) is 0 Å². The third kappa shape index (κ3) is 3.22. The highest BCUT2D eigenvalue weighted by atomic mass is 79.9. The predicted molar refractivity (Wildman–Crippen MR) is 74.9 cm³/mol. The maximum atomic E-state index is 12.6. The van der Waals surface area contributed by atoms with Gasteiger partial charge in [0.05, 0.1) is 12.2 Å². The van der Waals surface area contributed by atoms with E-state index in [0.717, 1.165) is 4.57 Å². The fourth-order valence-corrected chi connectivity index (χ4v) is 2.66. The first-order valence-corrected chi connectivity index (χ1v) is 6.59. The van der Waals surface area contributed by atoms with Crippen LogP contribution in [0.25, 0.3) is 11.3 Å². The van der Waals surface area contributed by atoms with Crippen molar-refractivity contribution in [2.75, 3.05) is 0 Å². The molecule has 0 spiro atoms. The Bertz CT molecular complexity index is 657. The Kier molecular flexibility index (Phi) is 4.37. The van der Waals surface area contributed by atoms with E-state index >= 15 is 0 Å². The number of benzene rings is 1. The van der Waals surface area contributed by atoms with Gasteiger partial charge in [-0.15, -0.1) is 0 Å². The molecule has 0 N–H and O–H groups in total. The number of hydrogen-bond acceptors (Lipinski definition) is 1. The molecule has 0 aliphatic carbocycles. The van der Waals surface area contributed by atoms with E-state index in [1.807, 2.05) is 0 Å². The monoisotopic (exact) mass is 347 g/mol. The lowest BCUT2D eigenvalue weighted by Gasteiger charge is -2.13. The quantitative estimate of drug-likeness (QED) is 0.815. The van der Waals surface area contributed by atoms with E-state index in [1.54, 1.807) is 30.3 Å². The summed E-state index contributed by atoms with van der Waals surface area (Å²) in [4.78, 5) is 11.7. The zero-order chi connectivity index (χ0) is 14.0. The summed E-state index contributed by atoms with van der Waals surface area (Å²) >= 11 is 9.16. The molecule has 1 aromatic carbocycles. The lowest BCUT2D eigenvalue weighted by Crippen LogP contribution is -2.23. The second kappa shape index (κ2) is 5.84. The number of pyridine rings is 1. The molecule has 0 aliphatic heterocycles. The summed E-state index contributed by atoms with van der Waals surface area (Å²) in [6.07, 6.45) is -2.59. The van der Waals surface area contributed by atoms with Crippen molar-refractivity contribution in [3.05, 3.63) is 56.2 Å². The minimum Gasteiger partial charge on any atom is -0.302 e. The van der Waals surface area contributed by atoms with Crippen LogP contribution in [0.5, 0.6) is 0 Å². The normalized spacial score (nSPS) is 11.0. The summed E-state index contributed by atoms with van der Waals surface area (Å²) in [5.74, 6) is 0. The first kappa shape index (κ1) is 14.2. The zero-order valence-corrected chi connectivity index (χ0v) is 12.0. The molecule has 2 rings (SSSR count). The van der Waals surface area contributed by atoms with Crippen LogP contribution in [0.2, 0.25) is 5.02 Å². The predicted octanol–water partition coefficient (Wildman–Crippen LogP) is 4.20. The molecule has 0 radical (unpaired) electrons. The summed E-state index contributed by atoms with van der Waals surface area (Å²) in [6, 6.07) is 9.41. The van der Waals surface area contributed by atoms with Crippen LogP contribution in [0.1, 0.15) is 0 Å². The number of nitrogens with zero attached hydrogens (tertiary/aromatic N) is 1. The van der Waals surface area contributed by atoms with Gasteiger partial charge in [0.1, 0.15) is 0 Å². The first-order chi connectivity index (χ1) is 8.99. The van der Waals surface area contributed by atoms with E-state index in [1.165, 1.54) is 6.07 Å². The molecular weight excluding hydrogens is 340 g/mol. The summed E-state index contributed by atoms with van der Waals surface area (Å²) < 4.78 is 26.8. The molecule has 0 atom stereocenters. The number of halogens is 4. The fraction of sp³-hybridized carbons (Fsp3) is 0.154. The first-order valence-electron chi connectivity index (χ1n) is 5.42. The molecule has 19 heavy (non-hydrogen) atoms. The maximum absolute atomic E-state index is 12.6. The molecule has 0 saturated heterocycles. The van der Waals surface area contributed by atoms with Crippen molar-refractivity contribution in [3.63, 3.8) is 0 Å². The van der Waals surface area contributed by atoms with Gasteiger partial charge in [-0.05, 0) is 18.2 Å². The van der Waals surface area contributed by atoms with Crippen LogP contribution in [0.15, 0.2) is 45.7 Å². The minimum atomic E-state index is -2.59. The summed E-state index contributed by atoms with van der Waals surface area (Å²) in [5.41, 5.74) is 0.610. The van der Waals surface area contributed by atoms with E-state index < -0.39 is 18.5 Å². The highest BCUT2D eigenvalue weighted by molar-refractivity contribution is 9.10. The maximum Gasteiger partial charge on any atom is 0.256 e. The van der Waals surface area contributed by atoms with Gasteiger partial charge in [-0.25, -0.2) is 8.78 Å². The average molecular weight is 349 g/mol. The van der Waals surface area contributed by atoms with Crippen molar-refractivity contribution in [3.8, 4) is 11.3 Å². The topological polar surface area (TPSA) is 22.0 Å². The average Bonchev–Trinajstić information content (AvgIpc) is 2.32. The van der Waals surface area contributed by atoms with Crippen LogP contribution in [0, 0.1) is 0 Å². The van der Waals surface area contributed by atoms with Gasteiger partial charge in [-0.2, -0.15) is 0 Å². The van der Waals surface area contributed by atoms with Crippen LogP contribution in [0.4, 0.5) is 8.78 Å². The molecule has 0 aliphatic rings. The van der Waals surface area contributed by atoms with Gasteiger partial charge < -0.3 is 4.57 Å². The molecule has 1 heterocycles. The number of aromatic nitrogens is 1. The van der Waals surface area contributed by atoms with Gasteiger partial charge >= 0.3 is 0 Å². The lowest BCUT2D eigenvalue weighted by atomic mass is 10.1. The molecule has 100 valence electrons. The third-order valence-corrected chi connectivity index (χ3v) is 3.47. The van der Waals surface area contributed by atoms with Crippen molar-refractivity contribution >= 4 is 27.5 Å². The Hall–Kier alpha value is -1.20. The van der Waals surface area contributed by atoms with Crippen molar-refractivity contribution in [2.24, 2.45) is 0 Å². The van der Waals surface area contributed by atoms with Gasteiger partial charge in [0, 0.05) is 21.1 Å². The lowest BCUT2D eigenvalue weighted by molar-refractivity contribution is 0.126. The highest BCUT2D eigenvalue weighted by Gasteiger charge is 2.13. The third-order valence-electron chi connectivity index (χ3n) is 2.58. The molecule has 0 bridgehead atoms. The van der Waals surface area contributed by atoms with E-state index in [0.29, 0.717) is 20.8 Å². The summed E-state index contributed by atoms with van der Waals surface area (Å²) in [7, 11) is 0. The van der Waals surface area contributed by atoms with E-state index in [4.69, 9.17) is 11.6 Å². The smallest absolute Gasteiger partial charge is 0.256 e. The van der Waals surface area contributed by atoms with Gasteiger partial charge in [-0.1, -0.05) is 39.7 Å². The van der Waals surface area contributed by atoms with Crippen molar-refractivity contribution < 1.29 is 8.78 Å². The molecule has 0 saturated carbocycles. The second-order valence-corrected chi connectivity index (χ2v) is 5.17. The van der Waals surface area contributed by atoms with E-state index in [2.05, 4.69) is 15.9 Å². The molecule has 0 amide bonds.